The number of hydrogen-bond donors (Lipinski definition) is 0. The predicted molar refractivity (Wildman–Crippen MR) is 71.1 cm³/mol. The summed E-state index contributed by atoms with van der Waals surface area (Å²) in [5, 5.41) is 10.8. The first-order valence-electron chi connectivity index (χ1n) is 5.98. The summed E-state index contributed by atoms with van der Waals surface area (Å²) in [6.07, 6.45) is 2.18. The van der Waals surface area contributed by atoms with Crippen LogP contribution in [0.15, 0.2) is 28.7 Å². The molecule has 1 aliphatic carbocycles. The Labute approximate surface area is 114 Å². The average molecular weight is 312 g/mol. The van der Waals surface area contributed by atoms with Crippen LogP contribution in [0.5, 0.6) is 0 Å². The molecule has 1 aromatic rings. The van der Waals surface area contributed by atoms with Gasteiger partial charge in [0.15, 0.2) is 0 Å². The molecule has 0 heterocycles. The van der Waals surface area contributed by atoms with E-state index >= 15 is 0 Å². The lowest BCUT2D eigenvalue weighted by atomic mass is 9.84. The number of hydrogen-bond acceptors (Lipinski definition) is 3. The standard InChI is InChI=1S/C13H14BrNO3/c14-10-4-1-3-9(7-10)12(8-15(17)18)11-5-2-6-13(11)16/h1,3-4,7,11-12H,2,5-6,8H2/t11-,12-/m1/s1. The van der Waals surface area contributed by atoms with Gasteiger partial charge in [0.2, 0.25) is 6.54 Å². The third-order valence-electron chi connectivity index (χ3n) is 3.46. The number of rotatable bonds is 4. The molecule has 4 nitrogen and oxygen atoms in total. The van der Waals surface area contributed by atoms with Gasteiger partial charge in [0, 0.05) is 21.7 Å². The molecule has 0 radical (unpaired) electrons. The first-order chi connectivity index (χ1) is 8.58. The third kappa shape index (κ3) is 2.96. The number of nitrogens with zero attached hydrogens (tertiary/aromatic N) is 1. The maximum Gasteiger partial charge on any atom is 0.211 e. The van der Waals surface area contributed by atoms with E-state index in [1.807, 2.05) is 24.3 Å². The van der Waals surface area contributed by atoms with Crippen molar-refractivity contribution in [3.05, 3.63) is 44.4 Å². The topological polar surface area (TPSA) is 60.2 Å². The lowest BCUT2D eigenvalue weighted by Gasteiger charge is -2.19. The van der Waals surface area contributed by atoms with Crippen LogP contribution in [0.3, 0.4) is 0 Å². The highest BCUT2D eigenvalue weighted by Crippen LogP contribution is 2.35. The maximum absolute atomic E-state index is 11.8. The fourth-order valence-electron chi connectivity index (χ4n) is 2.63. The van der Waals surface area contributed by atoms with Crippen LogP contribution in [0.25, 0.3) is 0 Å². The van der Waals surface area contributed by atoms with Crippen LogP contribution >= 0.6 is 15.9 Å². The predicted octanol–water partition coefficient (Wildman–Crippen LogP) is 3.18. The first kappa shape index (κ1) is 13.2. The molecule has 1 aliphatic rings. The van der Waals surface area contributed by atoms with E-state index in [9.17, 15) is 14.9 Å². The van der Waals surface area contributed by atoms with Crippen LogP contribution in [0.1, 0.15) is 30.7 Å². The second-order valence-electron chi connectivity index (χ2n) is 4.64. The molecule has 2 rings (SSSR count). The van der Waals surface area contributed by atoms with E-state index in [2.05, 4.69) is 15.9 Å². The minimum atomic E-state index is -0.322. The van der Waals surface area contributed by atoms with E-state index in [1.54, 1.807) is 0 Å². The smallest absolute Gasteiger partial charge is 0.211 e. The van der Waals surface area contributed by atoms with E-state index in [-0.39, 0.29) is 29.1 Å². The Balaban J connectivity index is 2.30. The van der Waals surface area contributed by atoms with Crippen LogP contribution in [0, 0.1) is 16.0 Å². The zero-order valence-corrected chi connectivity index (χ0v) is 11.4. The molecule has 2 atom stereocenters. The molecule has 0 N–H and O–H groups in total. The lowest BCUT2D eigenvalue weighted by Crippen LogP contribution is -2.24. The molecule has 0 spiro atoms. The lowest BCUT2D eigenvalue weighted by molar-refractivity contribution is -0.484. The maximum atomic E-state index is 11.8. The molecule has 18 heavy (non-hydrogen) atoms. The van der Waals surface area contributed by atoms with Gasteiger partial charge in [0.25, 0.3) is 0 Å². The van der Waals surface area contributed by atoms with Gasteiger partial charge in [-0.05, 0) is 30.5 Å². The van der Waals surface area contributed by atoms with Crippen molar-refractivity contribution < 1.29 is 9.72 Å². The fraction of sp³-hybridized carbons (Fsp3) is 0.462. The number of benzene rings is 1. The van der Waals surface area contributed by atoms with Crippen molar-refractivity contribution in [1.29, 1.82) is 0 Å². The van der Waals surface area contributed by atoms with Gasteiger partial charge < -0.3 is 0 Å². The average Bonchev–Trinajstić information content (AvgIpc) is 2.72. The first-order valence-corrected chi connectivity index (χ1v) is 6.77. The van der Waals surface area contributed by atoms with Gasteiger partial charge in [0.1, 0.15) is 5.78 Å². The van der Waals surface area contributed by atoms with E-state index in [4.69, 9.17) is 0 Å². The number of halogens is 1. The van der Waals surface area contributed by atoms with Crippen molar-refractivity contribution in [1.82, 2.24) is 0 Å². The minimum absolute atomic E-state index is 0.168. The van der Waals surface area contributed by atoms with Crippen molar-refractivity contribution in [3.8, 4) is 0 Å². The minimum Gasteiger partial charge on any atom is -0.299 e. The molecule has 0 aliphatic heterocycles. The van der Waals surface area contributed by atoms with Gasteiger partial charge in [-0.2, -0.15) is 0 Å². The zero-order chi connectivity index (χ0) is 13.1. The van der Waals surface area contributed by atoms with Crippen molar-refractivity contribution >= 4 is 21.7 Å². The van der Waals surface area contributed by atoms with E-state index < -0.39 is 0 Å². The Kier molecular flexibility index (Phi) is 4.11. The Morgan fingerprint density at radius 1 is 1.50 bits per heavy atom. The summed E-state index contributed by atoms with van der Waals surface area (Å²) >= 11 is 3.37. The van der Waals surface area contributed by atoms with Gasteiger partial charge in [0.05, 0.1) is 5.92 Å². The molecule has 1 aromatic carbocycles. The van der Waals surface area contributed by atoms with Crippen LogP contribution in [0.4, 0.5) is 0 Å². The molecular weight excluding hydrogens is 298 g/mol. The molecule has 0 aromatic heterocycles. The molecule has 1 fully saturated rings. The van der Waals surface area contributed by atoms with Gasteiger partial charge in [-0.3, -0.25) is 14.9 Å². The number of carbonyl (C=O) groups is 1. The van der Waals surface area contributed by atoms with Gasteiger partial charge in [-0.25, -0.2) is 0 Å². The summed E-state index contributed by atoms with van der Waals surface area (Å²) in [5.41, 5.74) is 0.876. The van der Waals surface area contributed by atoms with Crippen molar-refractivity contribution in [2.45, 2.75) is 25.2 Å². The van der Waals surface area contributed by atoms with E-state index in [0.29, 0.717) is 6.42 Å². The molecular formula is C13H14BrNO3. The number of nitro groups is 1. The molecule has 1 saturated carbocycles. The fourth-order valence-corrected chi connectivity index (χ4v) is 3.05. The Morgan fingerprint density at radius 2 is 2.28 bits per heavy atom. The summed E-state index contributed by atoms with van der Waals surface area (Å²) in [5.74, 6) is -0.320. The number of ketones is 1. The summed E-state index contributed by atoms with van der Waals surface area (Å²) in [4.78, 5) is 22.3. The van der Waals surface area contributed by atoms with Gasteiger partial charge in [-0.15, -0.1) is 0 Å². The molecule has 0 saturated heterocycles. The van der Waals surface area contributed by atoms with Crippen LogP contribution in [-0.2, 0) is 4.79 Å². The van der Waals surface area contributed by atoms with Crippen LogP contribution < -0.4 is 0 Å². The molecule has 5 heteroatoms. The molecule has 96 valence electrons. The highest BCUT2D eigenvalue weighted by Gasteiger charge is 2.35. The van der Waals surface area contributed by atoms with Crippen molar-refractivity contribution in [3.63, 3.8) is 0 Å². The Hall–Kier alpha value is -1.23. The van der Waals surface area contributed by atoms with Crippen LogP contribution in [0.2, 0.25) is 0 Å². The quantitative estimate of drug-likeness (QED) is 0.634. The zero-order valence-electron chi connectivity index (χ0n) is 9.84. The van der Waals surface area contributed by atoms with Crippen molar-refractivity contribution in [2.24, 2.45) is 5.92 Å². The summed E-state index contributed by atoms with van der Waals surface area (Å²) in [6.45, 7) is -0.174. The van der Waals surface area contributed by atoms with Crippen LogP contribution in [-0.4, -0.2) is 17.3 Å². The highest BCUT2D eigenvalue weighted by atomic mass is 79.9. The van der Waals surface area contributed by atoms with Gasteiger partial charge in [-0.1, -0.05) is 28.1 Å². The van der Waals surface area contributed by atoms with Gasteiger partial charge >= 0.3 is 0 Å². The number of Topliss-reactive ketones (excluding diaryl/α,β-unsaturated/α-hetero) is 1. The number of carbonyl (C=O) groups excluding carboxylic acids is 1. The summed E-state index contributed by atoms with van der Waals surface area (Å²) in [7, 11) is 0. The van der Waals surface area contributed by atoms with Crippen molar-refractivity contribution in [2.75, 3.05) is 6.54 Å². The monoisotopic (exact) mass is 311 g/mol. The highest BCUT2D eigenvalue weighted by molar-refractivity contribution is 9.10. The summed E-state index contributed by atoms with van der Waals surface area (Å²) < 4.78 is 0.888. The Bertz CT molecular complexity index is 475. The summed E-state index contributed by atoms with van der Waals surface area (Å²) in [6, 6.07) is 7.47. The van der Waals surface area contributed by atoms with E-state index in [1.165, 1.54) is 0 Å². The second kappa shape index (κ2) is 5.61. The SMILES string of the molecule is O=C1CCC[C@@H]1[C@H](C[N+](=O)[O-])c1cccc(Br)c1. The molecule has 0 amide bonds. The molecule has 0 unspecified atom stereocenters. The largest absolute Gasteiger partial charge is 0.299 e. The Morgan fingerprint density at radius 3 is 2.83 bits per heavy atom. The normalized spacial score (nSPS) is 20.9. The van der Waals surface area contributed by atoms with E-state index in [0.717, 1.165) is 22.9 Å². The second-order valence-corrected chi connectivity index (χ2v) is 5.56. The molecule has 0 bridgehead atoms. The third-order valence-corrected chi connectivity index (χ3v) is 3.95.